The van der Waals surface area contributed by atoms with Gasteiger partial charge >= 0.3 is 0 Å². The number of carbonyl (C=O) groups excluding carboxylic acids is 1. The summed E-state index contributed by atoms with van der Waals surface area (Å²) in [6, 6.07) is 15.6. The van der Waals surface area contributed by atoms with Gasteiger partial charge in [-0.25, -0.2) is 0 Å². The smallest absolute Gasteiger partial charge is 0.237 e. The van der Waals surface area contributed by atoms with E-state index >= 15 is 0 Å². The Bertz CT molecular complexity index is 730. The van der Waals surface area contributed by atoms with Crippen LogP contribution in [0.5, 0.6) is 5.75 Å². The molecule has 1 fully saturated rings. The molecule has 1 heterocycles. The molecule has 146 valence electrons. The lowest BCUT2D eigenvalue weighted by molar-refractivity contribution is -0.124. The number of hydrogen-bond donors (Lipinski definition) is 2. The normalized spacial score (nSPS) is 15.5. The first kappa shape index (κ1) is 21.2. The molecule has 0 aromatic heterocycles. The number of carbonyl (C=O) groups is 1. The Morgan fingerprint density at radius 3 is 2.56 bits per heavy atom. The van der Waals surface area contributed by atoms with Crippen LogP contribution in [0, 0.1) is 5.92 Å². The van der Waals surface area contributed by atoms with Gasteiger partial charge in [0.05, 0.1) is 13.2 Å². The minimum Gasteiger partial charge on any atom is -0.497 e. The van der Waals surface area contributed by atoms with Gasteiger partial charge in [-0.2, -0.15) is 0 Å². The van der Waals surface area contributed by atoms with Crippen LogP contribution in [-0.4, -0.2) is 32.3 Å². The maximum absolute atomic E-state index is 12.3. The molecule has 0 bridgehead atoms. The van der Waals surface area contributed by atoms with Crippen LogP contribution in [0.25, 0.3) is 11.1 Å². The number of hydrogen-bond acceptors (Lipinski definition) is 4. The minimum atomic E-state index is -0.463. The van der Waals surface area contributed by atoms with Crippen molar-refractivity contribution >= 4 is 18.3 Å². The van der Waals surface area contributed by atoms with Gasteiger partial charge < -0.3 is 20.5 Å². The molecule has 1 unspecified atom stereocenters. The largest absolute Gasteiger partial charge is 0.497 e. The molecule has 6 heteroatoms. The van der Waals surface area contributed by atoms with Crippen LogP contribution < -0.4 is 15.8 Å². The number of benzene rings is 2. The first-order chi connectivity index (χ1) is 12.7. The van der Waals surface area contributed by atoms with Gasteiger partial charge in [0.15, 0.2) is 0 Å². The summed E-state index contributed by atoms with van der Waals surface area (Å²) in [4.78, 5) is 12.3. The molecule has 0 aliphatic carbocycles. The minimum absolute atomic E-state index is 0. The zero-order valence-electron chi connectivity index (χ0n) is 15.5. The standard InChI is InChI=1S/C21H26N2O3.ClH/c1-25-19-4-2-3-18(13-19)16-7-5-15(6-8-16)14-23-21(24)20(22)17-9-11-26-12-10-17;/h2-8,13,17,20H,9-12,14,22H2,1H3,(H,23,24);1H. The number of nitrogens with one attached hydrogen (secondary N) is 1. The van der Waals surface area contributed by atoms with Crippen molar-refractivity contribution in [3.05, 3.63) is 54.1 Å². The second-order valence-corrected chi connectivity index (χ2v) is 6.62. The van der Waals surface area contributed by atoms with Crippen molar-refractivity contribution in [2.45, 2.75) is 25.4 Å². The van der Waals surface area contributed by atoms with E-state index in [0.29, 0.717) is 19.8 Å². The Morgan fingerprint density at radius 1 is 1.19 bits per heavy atom. The second kappa shape index (κ2) is 10.3. The monoisotopic (exact) mass is 390 g/mol. The zero-order valence-corrected chi connectivity index (χ0v) is 16.3. The summed E-state index contributed by atoms with van der Waals surface area (Å²) in [6.45, 7) is 1.86. The lowest BCUT2D eigenvalue weighted by atomic mass is 9.92. The number of methoxy groups -OCH3 is 1. The molecule has 1 atom stereocenters. The van der Waals surface area contributed by atoms with E-state index in [4.69, 9.17) is 15.2 Å². The van der Waals surface area contributed by atoms with Crippen LogP contribution in [0.3, 0.4) is 0 Å². The van der Waals surface area contributed by atoms with Crippen molar-refractivity contribution < 1.29 is 14.3 Å². The maximum Gasteiger partial charge on any atom is 0.237 e. The fraction of sp³-hybridized carbons (Fsp3) is 0.381. The van der Waals surface area contributed by atoms with Crippen molar-refractivity contribution in [3.63, 3.8) is 0 Å². The summed E-state index contributed by atoms with van der Waals surface area (Å²) in [5.74, 6) is 0.953. The first-order valence-corrected chi connectivity index (χ1v) is 9.02. The molecule has 1 saturated heterocycles. The fourth-order valence-corrected chi connectivity index (χ4v) is 3.21. The van der Waals surface area contributed by atoms with Crippen LogP contribution >= 0.6 is 12.4 Å². The molecular formula is C21H27ClN2O3. The molecule has 1 aliphatic rings. The van der Waals surface area contributed by atoms with E-state index < -0.39 is 6.04 Å². The van der Waals surface area contributed by atoms with E-state index in [-0.39, 0.29) is 24.2 Å². The molecule has 1 aliphatic heterocycles. The van der Waals surface area contributed by atoms with Gasteiger partial charge in [-0.1, -0.05) is 36.4 Å². The van der Waals surface area contributed by atoms with Crippen molar-refractivity contribution in [2.24, 2.45) is 11.7 Å². The highest BCUT2D eigenvalue weighted by Gasteiger charge is 2.26. The van der Waals surface area contributed by atoms with Crippen LogP contribution in [0.15, 0.2) is 48.5 Å². The number of nitrogens with two attached hydrogens (primary N) is 1. The Labute approximate surface area is 166 Å². The van der Waals surface area contributed by atoms with E-state index in [1.165, 1.54) is 0 Å². The highest BCUT2D eigenvalue weighted by molar-refractivity contribution is 5.85. The van der Waals surface area contributed by atoms with Gasteiger partial charge in [0.2, 0.25) is 5.91 Å². The van der Waals surface area contributed by atoms with E-state index in [0.717, 1.165) is 35.3 Å². The third-order valence-corrected chi connectivity index (χ3v) is 4.90. The predicted molar refractivity (Wildman–Crippen MR) is 109 cm³/mol. The summed E-state index contributed by atoms with van der Waals surface area (Å²) in [6.07, 6.45) is 1.70. The van der Waals surface area contributed by atoms with E-state index in [1.54, 1.807) is 7.11 Å². The summed E-state index contributed by atoms with van der Waals surface area (Å²) in [5.41, 5.74) is 9.36. The zero-order chi connectivity index (χ0) is 18.4. The van der Waals surface area contributed by atoms with E-state index in [2.05, 4.69) is 17.4 Å². The molecule has 5 nitrogen and oxygen atoms in total. The van der Waals surface area contributed by atoms with Gasteiger partial charge in [0.1, 0.15) is 5.75 Å². The van der Waals surface area contributed by atoms with E-state index in [1.807, 2.05) is 36.4 Å². The molecular weight excluding hydrogens is 364 g/mol. The van der Waals surface area contributed by atoms with Crippen LogP contribution in [-0.2, 0) is 16.1 Å². The van der Waals surface area contributed by atoms with Gasteiger partial charge in [0.25, 0.3) is 0 Å². The highest BCUT2D eigenvalue weighted by atomic mass is 35.5. The molecule has 2 aromatic rings. The quantitative estimate of drug-likeness (QED) is 0.794. The molecule has 0 radical (unpaired) electrons. The highest BCUT2D eigenvalue weighted by Crippen LogP contribution is 2.24. The van der Waals surface area contributed by atoms with Crippen molar-refractivity contribution in [2.75, 3.05) is 20.3 Å². The average molecular weight is 391 g/mol. The van der Waals surface area contributed by atoms with Crippen LogP contribution in [0.1, 0.15) is 18.4 Å². The molecule has 0 saturated carbocycles. The van der Waals surface area contributed by atoms with Crippen molar-refractivity contribution in [1.82, 2.24) is 5.32 Å². The lowest BCUT2D eigenvalue weighted by Gasteiger charge is -2.26. The Balaban J connectivity index is 0.00000261. The first-order valence-electron chi connectivity index (χ1n) is 9.02. The van der Waals surface area contributed by atoms with E-state index in [9.17, 15) is 4.79 Å². The van der Waals surface area contributed by atoms with Gasteiger partial charge in [-0.15, -0.1) is 12.4 Å². The summed E-state index contributed by atoms with van der Waals surface area (Å²) in [7, 11) is 1.66. The summed E-state index contributed by atoms with van der Waals surface area (Å²) >= 11 is 0. The molecule has 3 rings (SSSR count). The predicted octanol–water partition coefficient (Wildman–Crippen LogP) is 3.15. The Kier molecular flexibility index (Phi) is 8.10. The maximum atomic E-state index is 12.3. The SMILES string of the molecule is COc1cccc(-c2ccc(CNC(=O)C(N)C3CCOCC3)cc2)c1.Cl. The second-order valence-electron chi connectivity index (χ2n) is 6.62. The third-order valence-electron chi connectivity index (χ3n) is 4.90. The topological polar surface area (TPSA) is 73.6 Å². The number of ether oxygens (including phenoxy) is 2. The molecule has 27 heavy (non-hydrogen) atoms. The average Bonchev–Trinajstić information content (AvgIpc) is 2.72. The lowest BCUT2D eigenvalue weighted by Crippen LogP contribution is -2.46. The Morgan fingerprint density at radius 2 is 1.89 bits per heavy atom. The molecule has 2 aromatic carbocycles. The molecule has 3 N–H and O–H groups in total. The summed E-state index contributed by atoms with van der Waals surface area (Å²) < 4.78 is 10.6. The van der Waals surface area contributed by atoms with Crippen LogP contribution in [0.4, 0.5) is 0 Å². The third kappa shape index (κ3) is 5.70. The van der Waals surface area contributed by atoms with Gasteiger partial charge in [0, 0.05) is 19.8 Å². The van der Waals surface area contributed by atoms with Gasteiger partial charge in [-0.3, -0.25) is 4.79 Å². The molecule has 0 spiro atoms. The molecule has 1 amide bonds. The number of halogens is 1. The summed E-state index contributed by atoms with van der Waals surface area (Å²) in [5, 5.41) is 2.95. The van der Waals surface area contributed by atoms with Gasteiger partial charge in [-0.05, 0) is 47.6 Å². The van der Waals surface area contributed by atoms with Crippen LogP contribution in [0.2, 0.25) is 0 Å². The number of rotatable bonds is 6. The fourth-order valence-electron chi connectivity index (χ4n) is 3.21. The number of amides is 1. The van der Waals surface area contributed by atoms with Crippen molar-refractivity contribution in [1.29, 1.82) is 0 Å². The van der Waals surface area contributed by atoms with Crippen molar-refractivity contribution in [3.8, 4) is 16.9 Å². The Hall–Kier alpha value is -2.08.